The lowest BCUT2D eigenvalue weighted by atomic mass is 10.2. The van der Waals surface area contributed by atoms with Gasteiger partial charge in [0.1, 0.15) is 18.1 Å². The second-order valence-electron chi connectivity index (χ2n) is 6.96. The van der Waals surface area contributed by atoms with Gasteiger partial charge in [0.05, 0.1) is 6.54 Å². The molecule has 0 bridgehead atoms. The van der Waals surface area contributed by atoms with Crippen LogP contribution in [0.5, 0.6) is 0 Å². The molecule has 1 rings (SSSR count). The van der Waals surface area contributed by atoms with Crippen LogP contribution < -0.4 is 39.3 Å². The van der Waals surface area contributed by atoms with Crippen LogP contribution in [0.25, 0.3) is 0 Å². The molecule has 1 heterocycles. The lowest BCUT2D eigenvalue weighted by Crippen LogP contribution is -2.34. The highest BCUT2D eigenvalue weighted by Crippen LogP contribution is 2.03. The summed E-state index contributed by atoms with van der Waals surface area (Å²) >= 11 is 0. The molecule has 1 amide bonds. The standard InChI is InChI=1S/C6H14N4O2.C5H10N2O3.C5H9NO2.C2H5NO2/c7-4(5(11)12)2-1-3-10-6(8)9;6-3(5(9)10)1-2-4(7)8;7-5(8)4-2-1-3-6-4;3-1-2(4)5/h4H,1-3,7H2,(H,11,12)(H4,8,9,10);3H,1-2,6H2,(H2,7,8)(H,9,10);4,6H,1-3H2,(H,7,8);1,3H2,(H,4,5)/t4-;3-;4-;/m000./s1. The largest absolute Gasteiger partial charge is 0.480 e. The molecule has 0 aromatic heterocycles. The molecule has 0 spiro atoms. The molecule has 0 aliphatic carbocycles. The van der Waals surface area contributed by atoms with Crippen molar-refractivity contribution in [3.05, 3.63) is 0 Å². The summed E-state index contributed by atoms with van der Waals surface area (Å²) in [5, 5.41) is 44.7. The van der Waals surface area contributed by atoms with Crippen LogP contribution in [-0.4, -0.2) is 93.9 Å². The molecule has 0 saturated carbocycles. The van der Waals surface area contributed by atoms with Crippen molar-refractivity contribution in [2.45, 2.75) is 56.7 Å². The molecule has 1 aliphatic heterocycles. The number of hydrogen-bond donors (Lipinski definition) is 12. The monoisotopic (exact) mass is 510 g/mol. The number of carboxylic acid groups (broad SMARTS) is 4. The van der Waals surface area contributed by atoms with Crippen molar-refractivity contribution in [3.8, 4) is 0 Å². The Morgan fingerprint density at radius 1 is 0.971 bits per heavy atom. The number of rotatable bonds is 11. The average Bonchev–Trinajstić information content (AvgIpc) is 3.31. The van der Waals surface area contributed by atoms with Crippen LogP contribution >= 0.6 is 0 Å². The minimum Gasteiger partial charge on any atom is -0.480 e. The summed E-state index contributed by atoms with van der Waals surface area (Å²) in [5.41, 5.74) is 24.6. The number of aliphatic carboxylic acids is 4. The number of primary amides is 1. The topological polar surface area (TPSA) is 344 Å². The average molecular weight is 511 g/mol. The van der Waals surface area contributed by atoms with Crippen LogP contribution in [0.4, 0.5) is 0 Å². The Kier molecular flexibility index (Phi) is 22.9. The van der Waals surface area contributed by atoms with Crippen molar-refractivity contribution < 1.29 is 44.4 Å². The number of carbonyl (C=O) groups is 5. The van der Waals surface area contributed by atoms with E-state index in [4.69, 9.17) is 48.8 Å². The molecule has 0 aromatic carbocycles. The smallest absolute Gasteiger partial charge is 0.320 e. The maximum atomic E-state index is 10.2. The first-order valence-electron chi connectivity index (χ1n) is 10.4. The van der Waals surface area contributed by atoms with Gasteiger partial charge in [0.2, 0.25) is 5.91 Å². The zero-order valence-electron chi connectivity index (χ0n) is 19.3. The molecule has 35 heavy (non-hydrogen) atoms. The van der Waals surface area contributed by atoms with Crippen LogP contribution in [0.15, 0.2) is 0 Å². The maximum absolute atomic E-state index is 10.2. The molecule has 1 saturated heterocycles. The number of amides is 1. The molecule has 17 N–H and O–H groups in total. The number of carboxylic acids is 4. The fourth-order valence-corrected chi connectivity index (χ4v) is 1.99. The van der Waals surface area contributed by atoms with Gasteiger partial charge in [0.25, 0.3) is 0 Å². The maximum Gasteiger partial charge on any atom is 0.320 e. The molecule has 0 aromatic rings. The van der Waals surface area contributed by atoms with Gasteiger partial charge in [-0.25, -0.2) is 0 Å². The van der Waals surface area contributed by atoms with Gasteiger partial charge in [-0.1, -0.05) is 0 Å². The molecule has 3 atom stereocenters. The Hall–Kier alpha value is -3.54. The Labute approximate surface area is 201 Å². The Morgan fingerprint density at radius 2 is 1.46 bits per heavy atom. The van der Waals surface area contributed by atoms with E-state index in [1.807, 2.05) is 0 Å². The van der Waals surface area contributed by atoms with Crippen LogP contribution in [0, 0.1) is 5.41 Å². The predicted molar refractivity (Wildman–Crippen MR) is 124 cm³/mol. The quantitative estimate of drug-likeness (QED) is 0.0719. The van der Waals surface area contributed by atoms with Crippen LogP contribution in [-0.2, 0) is 24.0 Å². The highest BCUT2D eigenvalue weighted by atomic mass is 16.4. The second kappa shape index (κ2) is 22.3. The number of nitrogens with two attached hydrogens (primary N) is 5. The Bertz CT molecular complexity index is 672. The van der Waals surface area contributed by atoms with Gasteiger partial charge >= 0.3 is 23.9 Å². The van der Waals surface area contributed by atoms with E-state index in [0.717, 1.165) is 19.4 Å². The number of hydrogen-bond acceptors (Lipinski definition) is 10. The van der Waals surface area contributed by atoms with Crippen molar-refractivity contribution in [1.82, 2.24) is 10.6 Å². The van der Waals surface area contributed by atoms with Gasteiger partial charge in [0, 0.05) is 13.0 Å². The second-order valence-corrected chi connectivity index (χ2v) is 6.96. The van der Waals surface area contributed by atoms with Gasteiger partial charge in [-0.2, -0.15) is 0 Å². The van der Waals surface area contributed by atoms with E-state index in [1.54, 1.807) is 0 Å². The van der Waals surface area contributed by atoms with E-state index in [-0.39, 0.29) is 31.4 Å². The Balaban J connectivity index is -0.000000406. The summed E-state index contributed by atoms with van der Waals surface area (Å²) in [4.78, 5) is 49.7. The minimum atomic E-state index is -1.11. The first-order chi connectivity index (χ1) is 16.1. The molecular formula is C18H38N8O9. The molecule has 17 heteroatoms. The van der Waals surface area contributed by atoms with E-state index < -0.39 is 41.9 Å². The summed E-state index contributed by atoms with van der Waals surface area (Å²) in [6.07, 6.45) is 2.88. The van der Waals surface area contributed by atoms with E-state index in [0.29, 0.717) is 19.4 Å². The zero-order valence-corrected chi connectivity index (χ0v) is 19.3. The molecule has 204 valence electrons. The number of nitrogens with one attached hydrogen (secondary N) is 3. The summed E-state index contributed by atoms with van der Waals surface area (Å²) < 4.78 is 0. The van der Waals surface area contributed by atoms with E-state index in [1.165, 1.54) is 0 Å². The SMILES string of the molecule is N=C(N)NCCC[C@H](N)C(=O)O.NC(=O)CC[C@H](N)C(=O)O.NCC(=O)O.O=C(O)[C@@H]1CCCN1. The van der Waals surface area contributed by atoms with Crippen molar-refractivity contribution in [2.24, 2.45) is 28.7 Å². The lowest BCUT2D eigenvalue weighted by Gasteiger charge is -2.06. The van der Waals surface area contributed by atoms with Gasteiger partial charge in [-0.3, -0.25) is 29.4 Å². The first kappa shape index (κ1) is 36.0. The van der Waals surface area contributed by atoms with E-state index >= 15 is 0 Å². The zero-order chi connectivity index (χ0) is 28.0. The highest BCUT2D eigenvalue weighted by molar-refractivity contribution is 5.77. The molecule has 0 radical (unpaired) electrons. The summed E-state index contributed by atoms with van der Waals surface area (Å²) in [6, 6.07) is -2.07. The lowest BCUT2D eigenvalue weighted by molar-refractivity contribution is -0.139. The number of carbonyl (C=O) groups excluding carboxylic acids is 1. The molecular weight excluding hydrogens is 472 g/mol. The molecule has 0 unspecified atom stereocenters. The normalized spacial score (nSPS) is 15.2. The van der Waals surface area contributed by atoms with Gasteiger partial charge < -0.3 is 59.7 Å². The minimum absolute atomic E-state index is 0.0213. The molecule has 1 fully saturated rings. The fraction of sp³-hybridized carbons (Fsp3) is 0.667. The third kappa shape index (κ3) is 28.4. The number of guanidine groups is 1. The van der Waals surface area contributed by atoms with Crippen molar-refractivity contribution >= 4 is 35.7 Å². The summed E-state index contributed by atoms with van der Waals surface area (Å²) in [6.45, 7) is 1.06. The Morgan fingerprint density at radius 3 is 1.74 bits per heavy atom. The van der Waals surface area contributed by atoms with Crippen molar-refractivity contribution in [1.29, 1.82) is 5.41 Å². The van der Waals surface area contributed by atoms with Crippen molar-refractivity contribution in [2.75, 3.05) is 19.6 Å². The predicted octanol–water partition coefficient (Wildman–Crippen LogP) is -3.82. The van der Waals surface area contributed by atoms with Gasteiger partial charge in [0.15, 0.2) is 5.96 Å². The summed E-state index contributed by atoms with van der Waals surface area (Å²) in [7, 11) is 0. The van der Waals surface area contributed by atoms with Crippen molar-refractivity contribution in [3.63, 3.8) is 0 Å². The third-order valence-electron chi connectivity index (χ3n) is 3.88. The summed E-state index contributed by atoms with van der Waals surface area (Å²) in [5.74, 6) is -4.44. The fourth-order valence-electron chi connectivity index (χ4n) is 1.99. The van der Waals surface area contributed by atoms with Crippen LogP contribution in [0.3, 0.4) is 0 Å². The molecule has 1 aliphatic rings. The van der Waals surface area contributed by atoms with Crippen LogP contribution in [0.1, 0.15) is 38.5 Å². The van der Waals surface area contributed by atoms with Gasteiger partial charge in [-0.05, 0) is 38.6 Å². The highest BCUT2D eigenvalue weighted by Gasteiger charge is 2.20. The van der Waals surface area contributed by atoms with E-state index in [9.17, 15) is 24.0 Å². The van der Waals surface area contributed by atoms with E-state index in [2.05, 4.69) is 16.4 Å². The van der Waals surface area contributed by atoms with Crippen LogP contribution in [0.2, 0.25) is 0 Å². The third-order valence-corrected chi connectivity index (χ3v) is 3.88. The first-order valence-corrected chi connectivity index (χ1v) is 10.4. The van der Waals surface area contributed by atoms with Gasteiger partial charge in [-0.15, -0.1) is 0 Å². The molecule has 17 nitrogen and oxygen atoms in total.